The van der Waals surface area contributed by atoms with Crippen LogP contribution in [-0.2, 0) is 6.54 Å². The lowest BCUT2D eigenvalue weighted by molar-refractivity contribution is 0.0981. The second-order valence-electron chi connectivity index (χ2n) is 8.81. The molecule has 10 nitrogen and oxygen atoms in total. The van der Waals surface area contributed by atoms with Gasteiger partial charge in [-0.15, -0.1) is 0 Å². The van der Waals surface area contributed by atoms with E-state index < -0.39 is 17.7 Å². The van der Waals surface area contributed by atoms with E-state index in [1.165, 1.54) is 17.3 Å². The van der Waals surface area contributed by atoms with Crippen molar-refractivity contribution in [1.82, 2.24) is 24.4 Å². The third kappa shape index (κ3) is 4.01. The quantitative estimate of drug-likeness (QED) is 0.604. The molecular formula is C24H26N6O4. The predicted octanol–water partition coefficient (Wildman–Crippen LogP) is 2.16. The van der Waals surface area contributed by atoms with Crippen molar-refractivity contribution in [2.45, 2.75) is 37.5 Å². The highest BCUT2D eigenvalue weighted by Crippen LogP contribution is 2.40. The van der Waals surface area contributed by atoms with E-state index in [2.05, 4.69) is 9.97 Å². The van der Waals surface area contributed by atoms with Gasteiger partial charge in [0.05, 0.1) is 24.0 Å². The molecule has 4 heterocycles. The Balaban J connectivity index is 1.57. The second-order valence-corrected chi connectivity index (χ2v) is 8.81. The van der Waals surface area contributed by atoms with Gasteiger partial charge in [0.15, 0.2) is 0 Å². The number of hydrogen-bond acceptors (Lipinski definition) is 7. The number of aliphatic hydroxyl groups is 1. The summed E-state index contributed by atoms with van der Waals surface area (Å²) in [7, 11) is 0. The first-order chi connectivity index (χ1) is 16.5. The summed E-state index contributed by atoms with van der Waals surface area (Å²) in [6, 6.07) is 12.6. The molecule has 0 radical (unpaired) electrons. The number of β-amino-alcohol motifs (C(OH)–C–C–N with tert-alkyl or cyclic N) is 1. The lowest BCUT2D eigenvalue weighted by Gasteiger charge is -2.52. The van der Waals surface area contributed by atoms with Crippen LogP contribution in [0.25, 0.3) is 11.4 Å². The van der Waals surface area contributed by atoms with E-state index >= 15 is 0 Å². The number of aromatic nitrogens is 4. The number of anilines is 1. The molecule has 34 heavy (non-hydrogen) atoms. The van der Waals surface area contributed by atoms with Gasteiger partial charge in [-0.05, 0) is 30.9 Å². The van der Waals surface area contributed by atoms with E-state index in [4.69, 9.17) is 4.98 Å². The van der Waals surface area contributed by atoms with E-state index in [0.29, 0.717) is 56.2 Å². The molecule has 2 aliphatic rings. The molecule has 3 aromatic rings. The van der Waals surface area contributed by atoms with E-state index in [1.807, 2.05) is 35.2 Å². The Morgan fingerprint density at radius 1 is 1.06 bits per heavy atom. The third-order valence-corrected chi connectivity index (χ3v) is 6.95. The van der Waals surface area contributed by atoms with Crippen molar-refractivity contribution in [3.8, 4) is 11.4 Å². The number of amides is 1. The van der Waals surface area contributed by atoms with Crippen LogP contribution in [0.1, 0.15) is 30.9 Å². The molecule has 5 rings (SSSR count). The topological polar surface area (TPSA) is 125 Å². The Morgan fingerprint density at radius 2 is 1.79 bits per heavy atom. The molecule has 0 saturated carbocycles. The number of carboxylic acid groups (broad SMARTS) is 1. The molecule has 0 unspecified atom stereocenters. The zero-order valence-corrected chi connectivity index (χ0v) is 18.6. The Labute approximate surface area is 196 Å². The normalized spacial score (nSPS) is 17.9. The van der Waals surface area contributed by atoms with Crippen LogP contribution in [0.5, 0.6) is 0 Å². The first-order valence-electron chi connectivity index (χ1n) is 11.3. The summed E-state index contributed by atoms with van der Waals surface area (Å²) >= 11 is 0. The largest absolute Gasteiger partial charge is 0.465 e. The van der Waals surface area contributed by atoms with Gasteiger partial charge in [0.2, 0.25) is 5.95 Å². The molecule has 1 atom stereocenters. The van der Waals surface area contributed by atoms with Crippen molar-refractivity contribution in [3.63, 3.8) is 0 Å². The van der Waals surface area contributed by atoms with Crippen molar-refractivity contribution in [1.29, 1.82) is 0 Å². The number of likely N-dealkylation sites (tertiary alicyclic amines) is 1. The summed E-state index contributed by atoms with van der Waals surface area (Å²) in [4.78, 5) is 41.1. The molecular weight excluding hydrogens is 436 g/mol. The van der Waals surface area contributed by atoms with Crippen LogP contribution < -0.4 is 10.5 Å². The standard InChI is InChI=1S/C24H26N6O4/c31-20(17-4-2-1-3-5-17)15-30-22-27-19(18-6-10-25-16-26-18)14-21(32)29(22)13-9-24(30)7-11-28(12-8-24)23(33)34/h1-6,10,14,16,20,31H,7-9,11-13,15H2,(H,33,34)/t20-/m1/s1. The van der Waals surface area contributed by atoms with Crippen LogP contribution in [-0.4, -0.2) is 65.9 Å². The van der Waals surface area contributed by atoms with Crippen LogP contribution in [0.3, 0.4) is 0 Å². The van der Waals surface area contributed by atoms with Crippen molar-refractivity contribution in [2.75, 3.05) is 24.5 Å². The lowest BCUT2D eigenvalue weighted by Crippen LogP contribution is -2.61. The minimum absolute atomic E-state index is 0.185. The minimum Gasteiger partial charge on any atom is -0.465 e. The molecule has 1 saturated heterocycles. The van der Waals surface area contributed by atoms with E-state index in [-0.39, 0.29) is 12.1 Å². The maximum absolute atomic E-state index is 13.1. The summed E-state index contributed by atoms with van der Waals surface area (Å²) < 4.78 is 1.64. The molecule has 0 aliphatic carbocycles. The van der Waals surface area contributed by atoms with E-state index in [9.17, 15) is 19.8 Å². The number of nitrogens with zero attached hydrogens (tertiary/aromatic N) is 6. The molecule has 0 bridgehead atoms. The maximum atomic E-state index is 13.1. The Kier molecular flexibility index (Phi) is 5.74. The fraction of sp³-hybridized carbons (Fsp3) is 0.375. The van der Waals surface area contributed by atoms with Gasteiger partial charge in [-0.3, -0.25) is 9.36 Å². The molecule has 2 aliphatic heterocycles. The lowest BCUT2D eigenvalue weighted by atomic mass is 9.81. The highest BCUT2D eigenvalue weighted by Gasteiger charge is 2.45. The molecule has 1 amide bonds. The highest BCUT2D eigenvalue weighted by molar-refractivity contribution is 5.65. The van der Waals surface area contributed by atoms with Crippen LogP contribution in [0.4, 0.5) is 10.7 Å². The van der Waals surface area contributed by atoms with E-state index in [1.54, 1.807) is 16.8 Å². The number of carbonyl (C=O) groups is 1. The zero-order valence-electron chi connectivity index (χ0n) is 18.6. The number of rotatable bonds is 4. The van der Waals surface area contributed by atoms with Gasteiger partial charge in [0, 0.05) is 37.4 Å². The number of piperidine rings is 1. The first kappa shape index (κ1) is 22.0. The minimum atomic E-state index is -0.928. The number of hydrogen-bond donors (Lipinski definition) is 2. The summed E-state index contributed by atoms with van der Waals surface area (Å²) in [6.45, 7) is 1.50. The number of benzene rings is 1. The summed E-state index contributed by atoms with van der Waals surface area (Å²) in [5, 5.41) is 20.6. The molecule has 176 valence electrons. The Hall–Kier alpha value is -3.79. The van der Waals surface area contributed by atoms with Gasteiger partial charge >= 0.3 is 6.09 Å². The second kappa shape index (κ2) is 8.86. The number of aliphatic hydroxyl groups excluding tert-OH is 1. The molecule has 1 fully saturated rings. The molecule has 1 aromatic carbocycles. The SMILES string of the molecule is O=C(O)N1CCC2(CC1)CCn1c(nc(-c3ccncn3)cc1=O)N2C[C@@H](O)c1ccccc1. The number of fused-ring (bicyclic) bond motifs is 1. The van der Waals surface area contributed by atoms with Crippen LogP contribution in [0, 0.1) is 0 Å². The van der Waals surface area contributed by atoms with Crippen molar-refractivity contribution >= 4 is 12.0 Å². The molecule has 10 heteroatoms. The Bertz CT molecular complexity index is 1230. The monoisotopic (exact) mass is 462 g/mol. The summed E-state index contributed by atoms with van der Waals surface area (Å²) in [5.74, 6) is 0.478. The van der Waals surface area contributed by atoms with Crippen molar-refractivity contribution in [2.24, 2.45) is 0 Å². The third-order valence-electron chi connectivity index (χ3n) is 6.95. The molecule has 2 aromatic heterocycles. The molecule has 1 spiro atoms. The zero-order chi connectivity index (χ0) is 23.7. The molecule has 2 N–H and O–H groups in total. The van der Waals surface area contributed by atoms with Crippen LogP contribution in [0.2, 0.25) is 0 Å². The highest BCUT2D eigenvalue weighted by atomic mass is 16.4. The maximum Gasteiger partial charge on any atom is 0.407 e. The summed E-state index contributed by atoms with van der Waals surface area (Å²) in [5.41, 5.74) is 1.16. The first-order valence-corrected chi connectivity index (χ1v) is 11.3. The summed E-state index contributed by atoms with van der Waals surface area (Å²) in [6.07, 6.45) is 3.13. The van der Waals surface area contributed by atoms with Gasteiger partial charge in [-0.2, -0.15) is 0 Å². The average molecular weight is 463 g/mol. The predicted molar refractivity (Wildman–Crippen MR) is 124 cm³/mol. The van der Waals surface area contributed by atoms with E-state index in [0.717, 1.165) is 5.56 Å². The van der Waals surface area contributed by atoms with Gasteiger partial charge in [0.1, 0.15) is 6.33 Å². The van der Waals surface area contributed by atoms with Gasteiger partial charge in [-0.1, -0.05) is 30.3 Å². The fourth-order valence-corrected chi connectivity index (χ4v) is 5.01. The Morgan fingerprint density at radius 3 is 2.47 bits per heavy atom. The van der Waals surface area contributed by atoms with Gasteiger partial charge in [0.25, 0.3) is 5.56 Å². The van der Waals surface area contributed by atoms with Crippen LogP contribution in [0.15, 0.2) is 59.8 Å². The fourth-order valence-electron chi connectivity index (χ4n) is 5.01. The van der Waals surface area contributed by atoms with Crippen molar-refractivity contribution < 1.29 is 15.0 Å². The van der Waals surface area contributed by atoms with Crippen LogP contribution >= 0.6 is 0 Å². The van der Waals surface area contributed by atoms with Gasteiger partial charge in [-0.25, -0.2) is 19.7 Å². The average Bonchev–Trinajstić information content (AvgIpc) is 2.87. The van der Waals surface area contributed by atoms with Crippen molar-refractivity contribution in [3.05, 3.63) is 70.9 Å². The van der Waals surface area contributed by atoms with Gasteiger partial charge < -0.3 is 20.0 Å². The smallest absolute Gasteiger partial charge is 0.407 e.